The third-order valence-corrected chi connectivity index (χ3v) is 7.12. The minimum absolute atomic E-state index is 0.0294. The molecule has 1 aliphatic carbocycles. The lowest BCUT2D eigenvalue weighted by molar-refractivity contribution is -0.0122. The van der Waals surface area contributed by atoms with E-state index in [0.29, 0.717) is 37.4 Å². The standard InChI is InChI=1S/C31H34ClN5O4/c1-20-23(18-39-16-21-11-7-5-8-12-21)25(40-17-22-13-9-6-10-14-22)15-24(20)37-19-33-26-27(32)34-29(35-28(26)37)36-30(38)41-31(2,3)4/h5-14,19,23-25H,1,15-18H2,2-4H3,(H,34,35,36,38)/t23-,24-,25-/m0/s1. The normalized spacial score (nSPS) is 19.0. The molecule has 5 rings (SSSR count). The molecule has 41 heavy (non-hydrogen) atoms. The molecule has 2 aromatic heterocycles. The van der Waals surface area contributed by atoms with Crippen LogP contribution in [-0.4, -0.2) is 43.9 Å². The van der Waals surface area contributed by atoms with Crippen LogP contribution in [0.2, 0.25) is 5.15 Å². The van der Waals surface area contributed by atoms with E-state index in [1.807, 2.05) is 65.2 Å². The zero-order valence-corrected chi connectivity index (χ0v) is 24.2. The molecule has 1 aliphatic rings. The fourth-order valence-corrected chi connectivity index (χ4v) is 5.14. The molecule has 0 spiro atoms. The van der Waals surface area contributed by atoms with Crippen molar-refractivity contribution in [3.8, 4) is 0 Å². The summed E-state index contributed by atoms with van der Waals surface area (Å²) >= 11 is 6.45. The van der Waals surface area contributed by atoms with Gasteiger partial charge in [-0.1, -0.05) is 78.8 Å². The van der Waals surface area contributed by atoms with Crippen LogP contribution in [0.5, 0.6) is 0 Å². The third-order valence-electron chi connectivity index (χ3n) is 6.85. The molecule has 3 atom stereocenters. The highest BCUT2D eigenvalue weighted by Crippen LogP contribution is 2.43. The Labute approximate surface area is 244 Å². The summed E-state index contributed by atoms with van der Waals surface area (Å²) in [5.41, 5.74) is 3.39. The number of benzene rings is 2. The molecular formula is C31H34ClN5O4. The Hall–Kier alpha value is -3.79. The number of amides is 1. The van der Waals surface area contributed by atoms with Crippen molar-refractivity contribution in [2.45, 2.75) is 58.2 Å². The first-order chi connectivity index (χ1) is 19.7. The van der Waals surface area contributed by atoms with Gasteiger partial charge in [-0.05, 0) is 43.9 Å². The maximum Gasteiger partial charge on any atom is 0.414 e. The minimum atomic E-state index is -0.673. The number of fused-ring (bicyclic) bond motifs is 1. The van der Waals surface area contributed by atoms with Gasteiger partial charge >= 0.3 is 6.09 Å². The van der Waals surface area contributed by atoms with Crippen LogP contribution in [0.25, 0.3) is 11.2 Å². The number of rotatable bonds is 9. The third kappa shape index (κ3) is 7.11. The number of aromatic nitrogens is 4. The van der Waals surface area contributed by atoms with Crippen molar-refractivity contribution in [2.75, 3.05) is 11.9 Å². The highest BCUT2D eigenvalue weighted by molar-refractivity contribution is 6.33. The van der Waals surface area contributed by atoms with E-state index in [1.54, 1.807) is 27.1 Å². The molecule has 1 N–H and O–H groups in total. The summed E-state index contributed by atoms with van der Waals surface area (Å²) in [6.45, 7) is 11.2. The molecule has 1 amide bonds. The Morgan fingerprint density at radius 1 is 1.05 bits per heavy atom. The van der Waals surface area contributed by atoms with Crippen molar-refractivity contribution in [3.05, 3.63) is 95.4 Å². The topological polar surface area (TPSA) is 100 Å². The first-order valence-electron chi connectivity index (χ1n) is 13.5. The van der Waals surface area contributed by atoms with E-state index in [4.69, 9.17) is 25.8 Å². The Balaban J connectivity index is 1.38. The van der Waals surface area contributed by atoms with Crippen molar-refractivity contribution in [1.82, 2.24) is 19.5 Å². The molecule has 0 unspecified atom stereocenters. The Morgan fingerprint density at radius 2 is 1.71 bits per heavy atom. The van der Waals surface area contributed by atoms with Gasteiger partial charge in [-0.3, -0.25) is 5.32 Å². The lowest BCUT2D eigenvalue weighted by Gasteiger charge is -2.21. The van der Waals surface area contributed by atoms with Gasteiger partial charge in [0.25, 0.3) is 0 Å². The van der Waals surface area contributed by atoms with Crippen LogP contribution in [0.4, 0.5) is 10.7 Å². The second-order valence-corrected chi connectivity index (χ2v) is 11.4. The molecular weight excluding hydrogens is 542 g/mol. The van der Waals surface area contributed by atoms with Crippen LogP contribution in [0.3, 0.4) is 0 Å². The lowest BCUT2D eigenvalue weighted by Crippen LogP contribution is -2.27. The van der Waals surface area contributed by atoms with Crippen molar-refractivity contribution in [2.24, 2.45) is 5.92 Å². The van der Waals surface area contributed by atoms with E-state index in [2.05, 4.69) is 26.8 Å². The van der Waals surface area contributed by atoms with Crippen LogP contribution in [-0.2, 0) is 27.4 Å². The first-order valence-corrected chi connectivity index (χ1v) is 13.9. The number of halogens is 1. The Bertz CT molecular complexity index is 1500. The first kappa shape index (κ1) is 28.7. The van der Waals surface area contributed by atoms with Gasteiger partial charge in [-0.25, -0.2) is 9.78 Å². The van der Waals surface area contributed by atoms with Crippen LogP contribution >= 0.6 is 11.6 Å². The van der Waals surface area contributed by atoms with Crippen LogP contribution < -0.4 is 5.32 Å². The minimum Gasteiger partial charge on any atom is -0.444 e. The van der Waals surface area contributed by atoms with Gasteiger partial charge in [0.05, 0.1) is 38.3 Å². The molecule has 0 bridgehead atoms. The Kier molecular flexibility index (Phi) is 8.68. The summed E-state index contributed by atoms with van der Waals surface area (Å²) in [4.78, 5) is 25.6. The molecule has 10 heteroatoms. The SMILES string of the molecule is C=C1[C@H](COCc2ccccc2)[C@@H](OCc2ccccc2)C[C@@H]1n1cnc2c(Cl)nc(NC(=O)OC(C)(C)C)nc21. The average molecular weight is 576 g/mol. The van der Waals surface area contributed by atoms with Crippen LogP contribution in [0.15, 0.2) is 79.1 Å². The largest absolute Gasteiger partial charge is 0.444 e. The summed E-state index contributed by atoms with van der Waals surface area (Å²) < 4.78 is 19.9. The van der Waals surface area contributed by atoms with E-state index in [9.17, 15) is 4.79 Å². The fraction of sp³-hybridized carbons (Fsp3) is 0.355. The van der Waals surface area contributed by atoms with Crippen molar-refractivity contribution < 1.29 is 19.0 Å². The molecule has 214 valence electrons. The molecule has 0 radical (unpaired) electrons. The molecule has 1 saturated carbocycles. The van der Waals surface area contributed by atoms with E-state index in [-0.39, 0.29) is 29.2 Å². The predicted molar refractivity (Wildman–Crippen MR) is 158 cm³/mol. The second-order valence-electron chi connectivity index (χ2n) is 11.1. The summed E-state index contributed by atoms with van der Waals surface area (Å²) in [5.74, 6) is -0.0247. The second kappa shape index (κ2) is 12.4. The van der Waals surface area contributed by atoms with E-state index in [0.717, 1.165) is 16.7 Å². The number of carbonyl (C=O) groups is 1. The van der Waals surface area contributed by atoms with Gasteiger partial charge < -0.3 is 18.8 Å². The summed E-state index contributed by atoms with van der Waals surface area (Å²) in [6.07, 6.45) is 1.51. The summed E-state index contributed by atoms with van der Waals surface area (Å²) in [6, 6.07) is 20.0. The number of imidazole rings is 1. The van der Waals surface area contributed by atoms with E-state index < -0.39 is 11.7 Å². The maximum atomic E-state index is 12.4. The molecule has 2 heterocycles. The fourth-order valence-electron chi connectivity index (χ4n) is 4.93. The van der Waals surface area contributed by atoms with Gasteiger partial charge in [0.1, 0.15) is 11.1 Å². The number of carbonyl (C=O) groups excluding carboxylic acids is 1. The number of hydrogen-bond donors (Lipinski definition) is 1. The zero-order valence-electron chi connectivity index (χ0n) is 23.4. The summed E-state index contributed by atoms with van der Waals surface area (Å²) in [7, 11) is 0. The van der Waals surface area contributed by atoms with Gasteiger partial charge in [0, 0.05) is 5.92 Å². The van der Waals surface area contributed by atoms with Gasteiger partial charge in [0.15, 0.2) is 10.8 Å². The smallest absolute Gasteiger partial charge is 0.414 e. The van der Waals surface area contributed by atoms with Gasteiger partial charge in [-0.2, -0.15) is 9.97 Å². The van der Waals surface area contributed by atoms with E-state index >= 15 is 0 Å². The molecule has 9 nitrogen and oxygen atoms in total. The lowest BCUT2D eigenvalue weighted by atomic mass is 10.0. The molecule has 4 aromatic rings. The van der Waals surface area contributed by atoms with Crippen molar-refractivity contribution in [1.29, 1.82) is 0 Å². The van der Waals surface area contributed by atoms with Crippen molar-refractivity contribution >= 4 is 34.8 Å². The number of hydrogen-bond acceptors (Lipinski definition) is 7. The Morgan fingerprint density at radius 3 is 2.37 bits per heavy atom. The monoisotopic (exact) mass is 575 g/mol. The summed E-state index contributed by atoms with van der Waals surface area (Å²) in [5, 5.41) is 2.70. The highest BCUT2D eigenvalue weighted by atomic mass is 35.5. The number of ether oxygens (including phenoxy) is 3. The quantitative estimate of drug-likeness (QED) is 0.174. The maximum absolute atomic E-state index is 12.4. The zero-order chi connectivity index (χ0) is 29.0. The molecule has 1 fully saturated rings. The van der Waals surface area contributed by atoms with Crippen LogP contribution in [0, 0.1) is 5.92 Å². The predicted octanol–water partition coefficient (Wildman–Crippen LogP) is 6.75. The molecule has 0 aliphatic heterocycles. The highest BCUT2D eigenvalue weighted by Gasteiger charge is 2.40. The number of nitrogens with one attached hydrogen (secondary N) is 1. The van der Waals surface area contributed by atoms with Crippen molar-refractivity contribution in [3.63, 3.8) is 0 Å². The van der Waals surface area contributed by atoms with E-state index in [1.165, 1.54) is 0 Å². The average Bonchev–Trinajstić information content (AvgIpc) is 3.48. The molecule has 2 aromatic carbocycles. The van der Waals surface area contributed by atoms with Gasteiger partial charge in [0.2, 0.25) is 5.95 Å². The van der Waals surface area contributed by atoms with Crippen LogP contribution in [0.1, 0.15) is 44.4 Å². The number of anilines is 1. The molecule has 0 saturated heterocycles. The van der Waals surface area contributed by atoms with Gasteiger partial charge in [-0.15, -0.1) is 0 Å². The number of nitrogens with zero attached hydrogens (tertiary/aromatic N) is 4.